The van der Waals surface area contributed by atoms with Crippen molar-refractivity contribution in [3.63, 3.8) is 0 Å². The van der Waals surface area contributed by atoms with Crippen LogP contribution in [0.3, 0.4) is 0 Å². The number of carbonyl (C=O) groups is 4. The second kappa shape index (κ2) is 59.5. The van der Waals surface area contributed by atoms with Gasteiger partial charge in [0, 0.05) is 79.4 Å². The maximum Gasteiger partial charge on any atom is 1.00 e. The average Bonchev–Trinajstić information content (AvgIpc) is 1.69. The first-order chi connectivity index (χ1) is 52.1. The average molecular weight is 1760 g/mol. The van der Waals surface area contributed by atoms with Crippen LogP contribution in [0.15, 0.2) is 125 Å². The Kier molecular flexibility index (Phi) is 55.7. The van der Waals surface area contributed by atoms with E-state index in [2.05, 4.69) is 58.8 Å². The van der Waals surface area contributed by atoms with Crippen molar-refractivity contribution in [2.24, 2.45) is 0 Å². The summed E-state index contributed by atoms with van der Waals surface area (Å²) in [4.78, 5) is 48.9. The van der Waals surface area contributed by atoms with E-state index in [1.807, 2.05) is 97.1 Å². The summed E-state index contributed by atoms with van der Waals surface area (Å²) in [6.45, 7) is 13.2. The number of hydrogen-bond acceptors (Lipinski definition) is 20. The van der Waals surface area contributed by atoms with E-state index in [0.717, 1.165) is 129 Å². The number of ether oxygens (including phenoxy) is 8. The molecule has 9 heterocycles. The van der Waals surface area contributed by atoms with Crippen molar-refractivity contribution >= 4 is 140 Å². The molecule has 5 aliphatic heterocycles. The Labute approximate surface area is 734 Å². The number of halogens is 8. The molecule has 0 spiro atoms. The topological polar surface area (TPSA) is 223 Å². The zero-order valence-electron chi connectivity index (χ0n) is 64.4. The molecule has 4 aromatic heterocycles. The van der Waals surface area contributed by atoms with Crippen molar-refractivity contribution in [2.45, 2.75) is 155 Å². The number of unbranched alkanes of at least 4 members (excludes halogenated alkanes) is 1. The van der Waals surface area contributed by atoms with Crippen molar-refractivity contribution in [3.8, 4) is 0 Å². The summed E-state index contributed by atoms with van der Waals surface area (Å²) in [5, 5.41) is 38.4. The SMILES string of the molecule is C.CO.Clc1cccc(Cc2cc(C3OCCO3)sc2Br)c1.O=C(CCCO)c1sc(C2OCCO2)cc1Cc1cccc(Cl)c1.O=C1CCCO1.O=CC(F)(F)F.O=Cc1cc(Cc2cccc(Cl)c2)c(C2CCCO2)s1.OCCCC(O)c1sc(C2OCCO2)cc1Cc1cccc(Cl)c1.[2H]CC.[B].[CH2-]CCC.[H-].[Li+].[Na+]. The number of cyclic esters (lactones) is 1. The van der Waals surface area contributed by atoms with E-state index in [1.165, 1.54) is 50.7 Å². The summed E-state index contributed by atoms with van der Waals surface area (Å²) in [7, 11) is 1.00. The molecule has 4 N–H and O–H groups in total. The van der Waals surface area contributed by atoms with Crippen molar-refractivity contribution in [3.05, 3.63) is 231 Å². The molecular formula is C80H98BBrCl4F3LiNaO16S4. The quantitative estimate of drug-likeness (QED) is 0.0163. The first kappa shape index (κ1) is 104. The Morgan fingerprint density at radius 2 is 1.06 bits per heavy atom. The van der Waals surface area contributed by atoms with Gasteiger partial charge in [-0.05, 0) is 197 Å². The number of ketones is 1. The van der Waals surface area contributed by atoms with E-state index in [-0.39, 0.29) is 116 Å². The fourth-order valence-corrected chi connectivity index (χ4v) is 16.6. The van der Waals surface area contributed by atoms with Gasteiger partial charge in [0.1, 0.15) is 0 Å². The Morgan fingerprint density at radius 1 is 0.649 bits per heavy atom. The molecule has 13 rings (SSSR count). The maximum atomic E-state index is 12.5. The predicted octanol–water partition coefficient (Wildman–Crippen LogP) is 15.0. The molecule has 8 aromatic rings. The number of hydrogen-bond donors (Lipinski definition) is 4. The largest absolute Gasteiger partial charge is 1.00 e. The third-order valence-corrected chi connectivity index (χ3v) is 22.0. The van der Waals surface area contributed by atoms with E-state index < -0.39 is 18.6 Å². The third kappa shape index (κ3) is 38.8. The molecule has 0 saturated carbocycles. The first-order valence-corrected chi connectivity index (χ1v) is 40.2. The Bertz CT molecular complexity index is 3930. The zero-order valence-corrected chi connectivity index (χ0v) is 72.3. The van der Waals surface area contributed by atoms with Gasteiger partial charge in [-0.25, -0.2) is 0 Å². The van der Waals surface area contributed by atoms with Gasteiger partial charge >= 0.3 is 60.6 Å². The number of esters is 1. The summed E-state index contributed by atoms with van der Waals surface area (Å²) in [6, 6.07) is 39.3. The van der Waals surface area contributed by atoms with Gasteiger partial charge in [-0.15, -0.1) is 45.3 Å². The molecule has 4 aromatic carbocycles. The van der Waals surface area contributed by atoms with Crippen molar-refractivity contribution in [2.75, 3.05) is 73.2 Å². The maximum absolute atomic E-state index is 12.5. The van der Waals surface area contributed by atoms with E-state index in [4.69, 9.17) is 101 Å². The number of Topliss-reactive ketones (excluding diaryl/α,β-unsaturated/α-hetero) is 1. The van der Waals surface area contributed by atoms with Gasteiger partial charge in [0.2, 0.25) is 6.29 Å². The van der Waals surface area contributed by atoms with Crippen LogP contribution in [0.2, 0.25) is 20.1 Å². The molecule has 3 radical (unpaired) electrons. The normalized spacial score (nSPS) is 15.2. The number of benzene rings is 4. The number of aldehydes is 2. The van der Waals surface area contributed by atoms with E-state index >= 15 is 0 Å². The van der Waals surface area contributed by atoms with Crippen LogP contribution in [-0.4, -0.2) is 133 Å². The molecule has 5 saturated heterocycles. The number of alkyl halides is 3. The minimum absolute atomic E-state index is 0. The molecule has 31 heteroatoms. The van der Waals surface area contributed by atoms with Gasteiger partial charge in [-0.1, -0.05) is 130 Å². The molecule has 0 amide bonds. The van der Waals surface area contributed by atoms with Crippen LogP contribution in [0, 0.1) is 6.92 Å². The molecule has 16 nitrogen and oxygen atoms in total. The minimum atomic E-state index is -4.64. The Hall–Kier alpha value is -3.19. The summed E-state index contributed by atoms with van der Waals surface area (Å²) < 4.78 is 82.2. The number of thiophene rings is 4. The van der Waals surface area contributed by atoms with Crippen LogP contribution in [0.25, 0.3) is 0 Å². The molecule has 0 bridgehead atoms. The van der Waals surface area contributed by atoms with Crippen LogP contribution >= 0.6 is 108 Å². The van der Waals surface area contributed by atoms with Gasteiger partial charge < -0.3 is 66.7 Å². The van der Waals surface area contributed by atoms with Gasteiger partial charge in [0.05, 0.1) is 86.6 Å². The summed E-state index contributed by atoms with van der Waals surface area (Å²) in [6.07, 6.45) is 4.69. The van der Waals surface area contributed by atoms with Gasteiger partial charge in [0.25, 0.3) is 0 Å². The number of rotatable bonds is 22. The van der Waals surface area contributed by atoms with Crippen molar-refractivity contribution in [1.82, 2.24) is 0 Å². The molecule has 0 aliphatic carbocycles. The van der Waals surface area contributed by atoms with Crippen LogP contribution < -0.4 is 48.4 Å². The molecule has 2 atom stereocenters. The minimum Gasteiger partial charge on any atom is -1.00 e. The van der Waals surface area contributed by atoms with Crippen molar-refractivity contribution < 1.29 is 142 Å². The van der Waals surface area contributed by atoms with Crippen LogP contribution in [0.4, 0.5) is 13.2 Å². The molecule has 2 unspecified atom stereocenters. The fourth-order valence-electron chi connectivity index (χ4n) is 10.6. The number of aliphatic hydroxyl groups is 4. The second-order valence-corrected chi connectivity index (χ2v) is 31.0. The molecule has 5 fully saturated rings. The molecular weight excluding hydrogens is 1660 g/mol. The first-order valence-electron chi connectivity index (χ1n) is 35.4. The number of carbonyl (C=O) groups excluding carboxylic acids is 4. The van der Waals surface area contributed by atoms with Crippen LogP contribution in [0.5, 0.6) is 0 Å². The summed E-state index contributed by atoms with van der Waals surface area (Å²) in [5.41, 5.74) is 8.94. The molecule has 599 valence electrons. The van der Waals surface area contributed by atoms with Gasteiger partial charge in [-0.3, -0.25) is 19.2 Å². The molecule has 111 heavy (non-hydrogen) atoms. The smallest absolute Gasteiger partial charge is 1.00 e. The summed E-state index contributed by atoms with van der Waals surface area (Å²) >= 11 is 34.0. The van der Waals surface area contributed by atoms with Gasteiger partial charge in [0.15, 0.2) is 30.9 Å². The monoisotopic (exact) mass is 1760 g/mol. The zero-order chi connectivity index (χ0) is 78.8. The van der Waals surface area contributed by atoms with Gasteiger partial charge in [-0.2, -0.15) is 19.6 Å². The van der Waals surface area contributed by atoms with Crippen LogP contribution in [-0.2, 0) is 73.2 Å². The van der Waals surface area contributed by atoms with E-state index in [1.54, 1.807) is 29.6 Å². The molecule has 5 aliphatic rings. The predicted molar refractivity (Wildman–Crippen MR) is 437 cm³/mol. The van der Waals surface area contributed by atoms with Crippen molar-refractivity contribution in [1.29, 1.82) is 0 Å². The van der Waals surface area contributed by atoms with E-state index in [0.29, 0.717) is 108 Å². The second-order valence-electron chi connectivity index (χ2n) is 23.6. The standard InChI is InChI=1S/C18H21ClO4S.C18H19ClO4S.C16H15ClO2S.C14H12BrClO2S.C4H6O2.C4H9.C2HF3O.C2H6.CH4O.CH4.B.Li.Na.H/c2*19-14-4-1-3-12(10-14)9-13-11-16(18-22-7-8-23-18)24-17(13)15(21)5-2-6-20;17-13-4-1-3-11(8-13)7-12-9-14(10-18)20-16(12)15-5-2-6-19-15;15-13-10(6-9-2-1-3-11(16)7-9)8-12(19-13)14-17-4-5-18-14;5-4-2-1-3-6-4;1-3-4-2;3-2(4,5)1-6;2*1-2;;;;;/h1,3-4,10-11,15,18,20-21H,2,5-9H2;1,3-4,10-11,18,20H,2,5-9H2;1,3-4,8-10,15H,2,5-7H2;1-3,7-8,14H,4-6H2;1-3H2;1,3-4H2,2H3;1H;1-2H3;2H,1H3;1H4;;;;/q;;;;;-1;;;;;;2*+1;-1/i;;;;;;;1D;;;;;;. The summed E-state index contributed by atoms with van der Waals surface area (Å²) in [5.74, 6) is 0.00493. The number of aliphatic hydroxyl groups excluding tert-OH is 4. The Balaban J connectivity index is 0.00000135. The third-order valence-electron chi connectivity index (χ3n) is 15.4. The van der Waals surface area contributed by atoms with Crippen LogP contribution in [0.1, 0.15) is 214 Å². The fraction of sp³-hybridized carbons (Fsp3) is 0.438. The Morgan fingerprint density at radius 3 is 1.44 bits per heavy atom. The van der Waals surface area contributed by atoms with E-state index in [9.17, 15) is 32.7 Å².